The van der Waals surface area contributed by atoms with Crippen molar-refractivity contribution in [3.8, 4) is 16.9 Å². The average molecular weight is 482 g/mol. The molecule has 1 fully saturated rings. The molecule has 0 N–H and O–H groups in total. The number of benzene rings is 2. The van der Waals surface area contributed by atoms with E-state index < -0.39 is 29.4 Å². The number of aryl methyl sites for hydroxylation is 1. The van der Waals surface area contributed by atoms with Crippen LogP contribution >= 0.6 is 0 Å². The topological polar surface area (TPSA) is 69.5 Å². The van der Waals surface area contributed by atoms with Gasteiger partial charge in [0.25, 0.3) is 5.91 Å². The van der Waals surface area contributed by atoms with Crippen molar-refractivity contribution in [1.82, 2.24) is 19.7 Å². The molecule has 0 bridgehead atoms. The number of carbonyl (C=O) groups is 1. The molecule has 1 amide bonds. The van der Waals surface area contributed by atoms with Crippen LogP contribution in [-0.2, 0) is 23.7 Å². The van der Waals surface area contributed by atoms with Crippen molar-refractivity contribution in [1.29, 1.82) is 0 Å². The molecular weight excluding hydrogens is 464 g/mol. The number of rotatable bonds is 5. The number of nitrogens with zero attached hydrogens (tertiary/aromatic N) is 4. The van der Waals surface area contributed by atoms with Gasteiger partial charge in [-0.3, -0.25) is 14.5 Å². The first kappa shape index (κ1) is 22.7. The molecule has 6 rings (SSSR count). The summed E-state index contributed by atoms with van der Waals surface area (Å²) in [5.41, 5.74) is 1.51. The van der Waals surface area contributed by atoms with E-state index in [1.54, 1.807) is 36.1 Å². The molecule has 2 aliphatic heterocycles. The van der Waals surface area contributed by atoms with Gasteiger partial charge in [-0.2, -0.15) is 5.10 Å². The summed E-state index contributed by atoms with van der Waals surface area (Å²) in [4.78, 5) is 18.0. The van der Waals surface area contributed by atoms with Gasteiger partial charge in [0.05, 0.1) is 46.7 Å². The lowest BCUT2D eigenvalue weighted by Gasteiger charge is -2.33. The number of ether oxygens (including phenoxy) is 2. The number of hydrogen-bond donors (Lipinski definition) is 0. The minimum absolute atomic E-state index is 0.0536. The summed E-state index contributed by atoms with van der Waals surface area (Å²) in [7, 11) is 14.1. The van der Waals surface area contributed by atoms with Gasteiger partial charge >= 0.3 is 0 Å². The SMILES string of the molecule is [B]C1([B])c2ncccc2C(=O)N1Cc1c(F)cc(-c2ccc(OC3COC3)c3nn(C)cc23)cc1F. The first-order chi connectivity index (χ1) is 17.2. The van der Waals surface area contributed by atoms with Crippen molar-refractivity contribution in [2.24, 2.45) is 7.05 Å². The maximum absolute atomic E-state index is 15.3. The zero-order chi connectivity index (χ0) is 25.2. The standard InChI is InChI=1S/C25H18B2F2N4O3/c1-32-9-17-15(4-5-21(22(17)31-32)36-14-11-35-12-14)13-7-19(28)18(20(29)8-13)10-33-24(34)16-3-2-6-30-23(16)25(33,26)27/h2-9,14H,10-12H2,1H3. The predicted octanol–water partition coefficient (Wildman–Crippen LogP) is 2.79. The van der Waals surface area contributed by atoms with Crippen LogP contribution in [-0.4, -0.2) is 60.6 Å². The van der Waals surface area contributed by atoms with E-state index in [4.69, 9.17) is 25.2 Å². The number of amides is 1. The summed E-state index contributed by atoms with van der Waals surface area (Å²) in [5.74, 6) is -1.64. The maximum atomic E-state index is 15.3. The minimum Gasteiger partial charge on any atom is -0.483 e. The fourth-order valence-corrected chi connectivity index (χ4v) is 4.61. The lowest BCUT2D eigenvalue weighted by atomic mass is 9.59. The Bertz CT molecular complexity index is 1510. The zero-order valence-corrected chi connectivity index (χ0v) is 19.2. The molecule has 176 valence electrons. The molecule has 1 saturated heterocycles. The minimum atomic E-state index is -1.80. The summed E-state index contributed by atoms with van der Waals surface area (Å²) >= 11 is 0. The highest BCUT2D eigenvalue weighted by atomic mass is 19.1. The molecule has 0 aliphatic carbocycles. The summed E-state index contributed by atoms with van der Waals surface area (Å²) in [6.45, 7) is 0.543. The summed E-state index contributed by atoms with van der Waals surface area (Å²) in [6, 6.07) is 9.02. The van der Waals surface area contributed by atoms with Gasteiger partial charge in [0.2, 0.25) is 0 Å². The first-order valence-corrected chi connectivity index (χ1v) is 11.3. The van der Waals surface area contributed by atoms with Gasteiger partial charge in [-0.1, -0.05) is 0 Å². The Balaban J connectivity index is 1.36. The van der Waals surface area contributed by atoms with Gasteiger partial charge in [-0.15, -0.1) is 0 Å². The van der Waals surface area contributed by atoms with Gasteiger partial charge in [0.1, 0.15) is 29.0 Å². The van der Waals surface area contributed by atoms with Gasteiger partial charge in [0, 0.05) is 35.7 Å². The summed E-state index contributed by atoms with van der Waals surface area (Å²) in [6.07, 6.45) is 3.17. The molecule has 0 unspecified atom stereocenters. The van der Waals surface area contributed by atoms with Gasteiger partial charge in [-0.25, -0.2) is 8.78 Å². The second-order valence-electron chi connectivity index (χ2n) is 8.99. The molecule has 4 aromatic rings. The van der Waals surface area contributed by atoms with Crippen LogP contribution in [0.3, 0.4) is 0 Å². The van der Waals surface area contributed by atoms with Crippen molar-refractivity contribution >= 4 is 32.5 Å². The van der Waals surface area contributed by atoms with E-state index >= 15 is 8.78 Å². The van der Waals surface area contributed by atoms with Gasteiger partial charge in [-0.05, 0) is 47.5 Å². The molecule has 4 radical (unpaired) electrons. The Morgan fingerprint density at radius 3 is 2.58 bits per heavy atom. The Labute approximate surface area is 207 Å². The highest BCUT2D eigenvalue weighted by Crippen LogP contribution is 2.38. The average Bonchev–Trinajstić information content (AvgIpc) is 3.29. The van der Waals surface area contributed by atoms with Crippen molar-refractivity contribution in [3.63, 3.8) is 0 Å². The second kappa shape index (κ2) is 8.16. The fourth-order valence-electron chi connectivity index (χ4n) is 4.61. The number of carbonyl (C=O) groups excluding carboxylic acids is 1. The smallest absolute Gasteiger partial charge is 0.255 e. The van der Waals surface area contributed by atoms with Crippen LogP contribution in [0.15, 0.2) is 48.8 Å². The van der Waals surface area contributed by atoms with Crippen LogP contribution in [0.4, 0.5) is 8.78 Å². The van der Waals surface area contributed by atoms with E-state index in [1.807, 2.05) is 0 Å². The largest absolute Gasteiger partial charge is 0.483 e. The van der Waals surface area contributed by atoms with Crippen LogP contribution in [0.1, 0.15) is 21.6 Å². The molecule has 36 heavy (non-hydrogen) atoms. The predicted molar refractivity (Wildman–Crippen MR) is 129 cm³/mol. The Morgan fingerprint density at radius 1 is 1.17 bits per heavy atom. The lowest BCUT2D eigenvalue weighted by Crippen LogP contribution is -2.45. The molecule has 0 atom stereocenters. The van der Waals surface area contributed by atoms with Crippen LogP contribution < -0.4 is 4.74 Å². The van der Waals surface area contributed by atoms with E-state index in [2.05, 4.69) is 10.1 Å². The lowest BCUT2D eigenvalue weighted by molar-refractivity contribution is -0.0791. The second-order valence-corrected chi connectivity index (χ2v) is 8.99. The number of fused-ring (bicyclic) bond motifs is 2. The summed E-state index contributed by atoms with van der Waals surface area (Å²) < 4.78 is 43.4. The molecule has 7 nitrogen and oxygen atoms in total. The molecular formula is C25H18B2F2N4O3. The maximum Gasteiger partial charge on any atom is 0.255 e. The Morgan fingerprint density at radius 2 is 1.92 bits per heavy atom. The van der Waals surface area contributed by atoms with Crippen molar-refractivity contribution < 1.29 is 23.0 Å². The fraction of sp³-hybridized carbons (Fsp3) is 0.240. The van der Waals surface area contributed by atoms with Crippen molar-refractivity contribution in [3.05, 3.63) is 77.2 Å². The number of hydrogen-bond acceptors (Lipinski definition) is 5. The molecule has 2 aromatic heterocycles. The Kier molecular flexibility index (Phi) is 5.15. The molecule has 2 aliphatic rings. The van der Waals surface area contributed by atoms with Crippen molar-refractivity contribution in [2.45, 2.75) is 18.0 Å². The van der Waals surface area contributed by atoms with E-state index in [0.717, 1.165) is 4.90 Å². The van der Waals surface area contributed by atoms with Gasteiger partial charge < -0.3 is 14.4 Å². The highest BCUT2D eigenvalue weighted by molar-refractivity contribution is 6.42. The number of aromatic nitrogens is 3. The molecule has 11 heteroatoms. The normalized spacial score (nSPS) is 16.9. The molecule has 2 aromatic carbocycles. The quantitative estimate of drug-likeness (QED) is 0.410. The van der Waals surface area contributed by atoms with Crippen LogP contribution in [0.2, 0.25) is 0 Å². The highest BCUT2D eigenvalue weighted by Gasteiger charge is 2.43. The van der Waals surface area contributed by atoms with Crippen LogP contribution in [0.25, 0.3) is 22.0 Å². The third kappa shape index (κ3) is 3.49. The molecule has 4 heterocycles. The van der Waals surface area contributed by atoms with Crippen molar-refractivity contribution in [2.75, 3.05) is 13.2 Å². The third-order valence-electron chi connectivity index (χ3n) is 6.53. The monoisotopic (exact) mass is 482 g/mol. The Hall–Kier alpha value is -3.72. The third-order valence-corrected chi connectivity index (χ3v) is 6.53. The van der Waals surface area contributed by atoms with Crippen LogP contribution in [0.5, 0.6) is 5.75 Å². The first-order valence-electron chi connectivity index (χ1n) is 11.3. The number of halogens is 2. The molecule has 0 spiro atoms. The molecule has 0 saturated carbocycles. The van der Waals surface area contributed by atoms with Crippen LogP contribution in [0, 0.1) is 11.6 Å². The zero-order valence-electron chi connectivity index (χ0n) is 19.2. The summed E-state index contributed by atoms with van der Waals surface area (Å²) in [5, 5.41) is 3.36. The van der Waals surface area contributed by atoms with E-state index in [9.17, 15) is 4.79 Å². The van der Waals surface area contributed by atoms with E-state index in [-0.39, 0.29) is 22.9 Å². The van der Waals surface area contributed by atoms with Gasteiger partial charge in [0.15, 0.2) is 0 Å². The van der Waals surface area contributed by atoms with E-state index in [1.165, 1.54) is 24.4 Å². The van der Waals surface area contributed by atoms with E-state index in [0.29, 0.717) is 41.0 Å². The number of pyridine rings is 1.